The van der Waals surface area contributed by atoms with Gasteiger partial charge in [0.25, 0.3) is 5.91 Å². The highest BCUT2D eigenvalue weighted by molar-refractivity contribution is 14.1. The van der Waals surface area contributed by atoms with Gasteiger partial charge in [-0.05, 0) is 65.4 Å². The lowest BCUT2D eigenvalue weighted by Crippen LogP contribution is -2.29. The molecule has 0 spiro atoms. The van der Waals surface area contributed by atoms with E-state index in [0.29, 0.717) is 34.4 Å². The van der Waals surface area contributed by atoms with Gasteiger partial charge in [-0.1, -0.05) is 24.0 Å². The summed E-state index contributed by atoms with van der Waals surface area (Å²) < 4.78 is 6.85. The maximum atomic E-state index is 12.4. The van der Waals surface area contributed by atoms with Crippen molar-refractivity contribution in [2.24, 2.45) is 0 Å². The second-order valence-corrected chi connectivity index (χ2v) is 8.43. The fourth-order valence-corrected chi connectivity index (χ4v) is 4.00. The van der Waals surface area contributed by atoms with Crippen LogP contribution in [0.1, 0.15) is 18.6 Å². The van der Waals surface area contributed by atoms with Gasteiger partial charge in [-0.15, -0.1) is 0 Å². The van der Waals surface area contributed by atoms with Crippen LogP contribution < -0.4 is 5.32 Å². The fourth-order valence-electron chi connectivity index (χ4n) is 2.35. The summed E-state index contributed by atoms with van der Waals surface area (Å²) in [5.41, 5.74) is 0.766. The van der Waals surface area contributed by atoms with Crippen molar-refractivity contribution in [3.05, 3.63) is 56.9 Å². The largest absolute Gasteiger partial charge is 0.465 e. The highest BCUT2D eigenvalue weighted by Gasteiger charge is 2.31. The monoisotopic (exact) mass is 498 g/mol. The van der Waals surface area contributed by atoms with E-state index in [1.165, 1.54) is 16.7 Å². The molecule has 1 aliphatic rings. The van der Waals surface area contributed by atoms with E-state index in [2.05, 4.69) is 27.9 Å². The molecule has 1 N–H and O–H groups in total. The number of thioether (sulfide) groups is 1. The number of carbonyl (C=O) groups is 2. The van der Waals surface area contributed by atoms with Gasteiger partial charge in [0, 0.05) is 28.3 Å². The van der Waals surface area contributed by atoms with Crippen LogP contribution in [0, 0.1) is 3.57 Å². The van der Waals surface area contributed by atoms with E-state index in [9.17, 15) is 9.59 Å². The van der Waals surface area contributed by atoms with Gasteiger partial charge in [0.2, 0.25) is 5.91 Å². The van der Waals surface area contributed by atoms with Crippen molar-refractivity contribution in [3.63, 3.8) is 0 Å². The van der Waals surface area contributed by atoms with Crippen molar-refractivity contribution in [3.8, 4) is 0 Å². The molecule has 0 saturated carbocycles. The third-order valence-electron chi connectivity index (χ3n) is 3.60. The first-order chi connectivity index (χ1) is 12.5. The Kier molecular flexibility index (Phi) is 6.49. The first kappa shape index (κ1) is 19.1. The molecular weight excluding hydrogens is 483 g/mol. The second kappa shape index (κ2) is 8.83. The number of nitrogens with zero attached hydrogens (tertiary/aromatic N) is 1. The lowest BCUT2D eigenvalue weighted by atomic mass is 10.2. The molecule has 1 aromatic carbocycles. The predicted molar refractivity (Wildman–Crippen MR) is 116 cm³/mol. The van der Waals surface area contributed by atoms with Crippen LogP contribution in [0.2, 0.25) is 0 Å². The zero-order chi connectivity index (χ0) is 18.5. The highest BCUT2D eigenvalue weighted by atomic mass is 127. The maximum Gasteiger partial charge on any atom is 0.266 e. The molecule has 0 unspecified atom stereocenters. The average molecular weight is 498 g/mol. The van der Waals surface area contributed by atoms with E-state index in [0.717, 1.165) is 9.26 Å². The number of rotatable bonds is 6. The summed E-state index contributed by atoms with van der Waals surface area (Å²) >= 11 is 8.74. The van der Waals surface area contributed by atoms with Gasteiger partial charge in [-0.2, -0.15) is 0 Å². The van der Waals surface area contributed by atoms with E-state index >= 15 is 0 Å². The number of thiocarbonyl (C=S) groups is 1. The number of furan rings is 1. The summed E-state index contributed by atoms with van der Waals surface area (Å²) in [5, 5.41) is 2.85. The molecule has 2 heterocycles. The van der Waals surface area contributed by atoms with Gasteiger partial charge in [0.05, 0.1) is 11.2 Å². The first-order valence-corrected chi connectivity index (χ1v) is 10.2. The molecule has 26 heavy (non-hydrogen) atoms. The van der Waals surface area contributed by atoms with Crippen LogP contribution in [0.25, 0.3) is 6.08 Å². The number of halogens is 1. The molecule has 134 valence electrons. The molecule has 1 aromatic heterocycles. The van der Waals surface area contributed by atoms with Crippen molar-refractivity contribution < 1.29 is 14.0 Å². The molecular formula is C18H15IN2O3S2. The van der Waals surface area contributed by atoms with E-state index in [1.807, 2.05) is 24.3 Å². The van der Waals surface area contributed by atoms with Crippen molar-refractivity contribution in [2.45, 2.75) is 12.8 Å². The topological polar surface area (TPSA) is 62.6 Å². The number of nitrogens with one attached hydrogen (secondary N) is 1. The fraction of sp³-hybridized carbons (Fsp3) is 0.167. The van der Waals surface area contributed by atoms with Gasteiger partial charge < -0.3 is 9.73 Å². The Hall–Kier alpha value is -1.65. The molecule has 3 rings (SSSR count). The Morgan fingerprint density at radius 3 is 2.77 bits per heavy atom. The minimum absolute atomic E-state index is 0.0808. The Labute approximate surface area is 174 Å². The summed E-state index contributed by atoms with van der Waals surface area (Å²) in [5.74, 6) is 0.389. The lowest BCUT2D eigenvalue weighted by Gasteiger charge is -2.14. The van der Waals surface area contributed by atoms with Crippen LogP contribution in [0.3, 0.4) is 0 Å². The number of amides is 2. The summed E-state index contributed by atoms with van der Waals surface area (Å²) in [4.78, 5) is 26.5. The minimum Gasteiger partial charge on any atom is -0.465 e. The van der Waals surface area contributed by atoms with E-state index < -0.39 is 0 Å². The van der Waals surface area contributed by atoms with Crippen molar-refractivity contribution in [1.82, 2.24) is 4.90 Å². The van der Waals surface area contributed by atoms with Gasteiger partial charge in [0.15, 0.2) is 0 Å². The molecule has 0 aliphatic carbocycles. The molecule has 1 aliphatic heterocycles. The summed E-state index contributed by atoms with van der Waals surface area (Å²) in [6, 6.07) is 11.1. The van der Waals surface area contributed by atoms with Gasteiger partial charge >= 0.3 is 0 Å². The molecule has 2 aromatic rings. The Bertz CT molecular complexity index is 848. The Morgan fingerprint density at radius 1 is 1.31 bits per heavy atom. The number of hydrogen-bond donors (Lipinski definition) is 1. The standard InChI is InChI=1S/C18H15IN2O3S2/c19-12-5-7-13(8-6-12)20-16(22)4-1-9-21-17(23)15(26-18(21)25)11-14-3-2-10-24-14/h2-3,5-8,10-11H,1,4,9H2,(H,20,22). The molecule has 0 radical (unpaired) electrons. The third kappa shape index (κ3) is 4.95. The summed E-state index contributed by atoms with van der Waals surface area (Å²) in [6.07, 6.45) is 4.10. The second-order valence-electron chi connectivity index (χ2n) is 5.51. The molecule has 1 saturated heterocycles. The van der Waals surface area contributed by atoms with E-state index in [1.54, 1.807) is 24.5 Å². The zero-order valence-corrected chi connectivity index (χ0v) is 17.4. The van der Waals surface area contributed by atoms with Crippen molar-refractivity contribution in [1.29, 1.82) is 0 Å². The van der Waals surface area contributed by atoms with Crippen LogP contribution in [0.4, 0.5) is 5.69 Å². The smallest absolute Gasteiger partial charge is 0.266 e. The first-order valence-electron chi connectivity index (χ1n) is 7.87. The molecule has 2 amide bonds. The molecule has 0 bridgehead atoms. The molecule has 8 heteroatoms. The van der Waals surface area contributed by atoms with Crippen LogP contribution in [0.15, 0.2) is 52.0 Å². The zero-order valence-electron chi connectivity index (χ0n) is 13.6. The van der Waals surface area contributed by atoms with E-state index in [-0.39, 0.29) is 11.8 Å². The summed E-state index contributed by atoms with van der Waals surface area (Å²) in [7, 11) is 0. The van der Waals surface area contributed by atoms with E-state index in [4.69, 9.17) is 16.6 Å². The SMILES string of the molecule is O=C(CCCN1C(=O)C(=Cc2ccco2)SC1=S)Nc1ccc(I)cc1. The minimum atomic E-state index is -0.144. The van der Waals surface area contributed by atoms with Crippen LogP contribution in [-0.2, 0) is 9.59 Å². The van der Waals surface area contributed by atoms with Crippen molar-refractivity contribution in [2.75, 3.05) is 11.9 Å². The van der Waals surface area contributed by atoms with Gasteiger partial charge in [0.1, 0.15) is 10.1 Å². The Balaban J connectivity index is 1.50. The lowest BCUT2D eigenvalue weighted by molar-refractivity contribution is -0.122. The highest BCUT2D eigenvalue weighted by Crippen LogP contribution is 2.32. The Morgan fingerprint density at radius 2 is 2.08 bits per heavy atom. The van der Waals surface area contributed by atoms with Gasteiger partial charge in [-0.25, -0.2) is 0 Å². The average Bonchev–Trinajstić information content (AvgIpc) is 3.21. The number of carbonyl (C=O) groups excluding carboxylic acids is 2. The third-order valence-corrected chi connectivity index (χ3v) is 5.70. The van der Waals surface area contributed by atoms with Crippen LogP contribution >= 0.6 is 46.6 Å². The quantitative estimate of drug-likeness (QED) is 0.361. The number of anilines is 1. The summed E-state index contributed by atoms with van der Waals surface area (Å²) in [6.45, 7) is 0.417. The molecule has 5 nitrogen and oxygen atoms in total. The normalized spacial score (nSPS) is 15.7. The molecule has 0 atom stereocenters. The maximum absolute atomic E-state index is 12.4. The van der Waals surface area contributed by atoms with Crippen molar-refractivity contribution >= 4 is 74.5 Å². The molecule has 1 fully saturated rings. The number of benzene rings is 1. The van der Waals surface area contributed by atoms with Crippen LogP contribution in [-0.4, -0.2) is 27.6 Å². The van der Waals surface area contributed by atoms with Crippen LogP contribution in [0.5, 0.6) is 0 Å². The van der Waals surface area contributed by atoms with Gasteiger partial charge in [-0.3, -0.25) is 14.5 Å². The number of hydrogen-bond acceptors (Lipinski definition) is 5. The predicted octanol–water partition coefficient (Wildman–Crippen LogP) is 4.50.